The standard InChI is InChI=1S/C16H16BrN5O3/c17-12-3-1-2-11(8-12)13(20-16(18)25)9-14(23)21-22-15(24)10-4-6-19-7-5-10/h1-8,13H,9H2,(H,21,23)(H,22,24)(H3,18,20,25). The maximum absolute atomic E-state index is 12.1. The van der Waals surface area contributed by atoms with E-state index < -0.39 is 23.9 Å². The van der Waals surface area contributed by atoms with E-state index in [0.29, 0.717) is 11.1 Å². The van der Waals surface area contributed by atoms with Gasteiger partial charge >= 0.3 is 6.03 Å². The number of halogens is 1. The van der Waals surface area contributed by atoms with Crippen LogP contribution in [-0.2, 0) is 4.79 Å². The highest BCUT2D eigenvalue weighted by atomic mass is 79.9. The maximum atomic E-state index is 12.1. The summed E-state index contributed by atoms with van der Waals surface area (Å²) in [6.45, 7) is 0. The molecule has 0 aliphatic heterocycles. The van der Waals surface area contributed by atoms with Crippen LogP contribution in [0.25, 0.3) is 0 Å². The molecule has 2 rings (SSSR count). The second-order valence-electron chi connectivity index (χ2n) is 5.06. The topological polar surface area (TPSA) is 126 Å². The molecular formula is C16H16BrN5O3. The van der Waals surface area contributed by atoms with Crippen LogP contribution in [0.5, 0.6) is 0 Å². The van der Waals surface area contributed by atoms with Crippen molar-refractivity contribution in [1.29, 1.82) is 0 Å². The molecule has 1 unspecified atom stereocenters. The average molecular weight is 406 g/mol. The van der Waals surface area contributed by atoms with Crippen molar-refractivity contribution in [2.24, 2.45) is 5.73 Å². The first-order valence-corrected chi connectivity index (χ1v) is 8.05. The van der Waals surface area contributed by atoms with E-state index >= 15 is 0 Å². The molecule has 130 valence electrons. The molecule has 0 radical (unpaired) electrons. The molecule has 1 aromatic carbocycles. The van der Waals surface area contributed by atoms with Crippen LogP contribution in [0.3, 0.4) is 0 Å². The van der Waals surface area contributed by atoms with E-state index in [1.165, 1.54) is 24.5 Å². The van der Waals surface area contributed by atoms with Crippen molar-refractivity contribution in [1.82, 2.24) is 21.2 Å². The minimum atomic E-state index is -0.751. The Bertz CT molecular complexity index is 769. The zero-order valence-electron chi connectivity index (χ0n) is 13.0. The highest BCUT2D eigenvalue weighted by Crippen LogP contribution is 2.20. The van der Waals surface area contributed by atoms with Crippen molar-refractivity contribution >= 4 is 33.8 Å². The summed E-state index contributed by atoms with van der Waals surface area (Å²) in [6.07, 6.45) is 2.84. The molecule has 4 amide bonds. The first kappa shape index (κ1) is 18.4. The number of amides is 4. The Kier molecular flexibility index (Phi) is 6.47. The molecule has 1 atom stereocenters. The summed E-state index contributed by atoms with van der Waals surface area (Å²) in [5, 5.41) is 2.51. The maximum Gasteiger partial charge on any atom is 0.312 e. The molecule has 0 spiro atoms. The molecule has 2 aromatic rings. The van der Waals surface area contributed by atoms with Gasteiger partial charge in [-0.2, -0.15) is 0 Å². The lowest BCUT2D eigenvalue weighted by Crippen LogP contribution is -2.44. The fourth-order valence-electron chi connectivity index (χ4n) is 2.09. The lowest BCUT2D eigenvalue weighted by molar-refractivity contribution is -0.122. The van der Waals surface area contributed by atoms with Crippen molar-refractivity contribution in [2.75, 3.05) is 0 Å². The Hall–Kier alpha value is -2.94. The molecule has 0 saturated carbocycles. The van der Waals surface area contributed by atoms with Crippen LogP contribution < -0.4 is 21.9 Å². The van der Waals surface area contributed by atoms with E-state index in [0.717, 1.165) is 4.47 Å². The van der Waals surface area contributed by atoms with Crippen molar-refractivity contribution in [2.45, 2.75) is 12.5 Å². The van der Waals surface area contributed by atoms with Crippen LogP contribution >= 0.6 is 15.9 Å². The average Bonchev–Trinajstić information content (AvgIpc) is 2.59. The molecule has 0 bridgehead atoms. The van der Waals surface area contributed by atoms with Gasteiger partial charge in [0.25, 0.3) is 5.91 Å². The van der Waals surface area contributed by atoms with Crippen LogP contribution in [0.15, 0.2) is 53.3 Å². The number of benzene rings is 1. The van der Waals surface area contributed by atoms with Gasteiger partial charge in [0.15, 0.2) is 0 Å². The van der Waals surface area contributed by atoms with Gasteiger partial charge in [-0.15, -0.1) is 0 Å². The Morgan fingerprint density at radius 2 is 1.84 bits per heavy atom. The molecule has 25 heavy (non-hydrogen) atoms. The zero-order valence-corrected chi connectivity index (χ0v) is 14.6. The fraction of sp³-hybridized carbons (Fsp3) is 0.125. The van der Waals surface area contributed by atoms with Crippen molar-refractivity contribution in [3.8, 4) is 0 Å². The van der Waals surface area contributed by atoms with Gasteiger partial charge in [-0.05, 0) is 29.8 Å². The summed E-state index contributed by atoms with van der Waals surface area (Å²) in [4.78, 5) is 39.0. The number of rotatable bonds is 5. The van der Waals surface area contributed by atoms with E-state index in [4.69, 9.17) is 5.73 Å². The number of carbonyl (C=O) groups excluding carboxylic acids is 3. The van der Waals surface area contributed by atoms with Crippen LogP contribution in [-0.4, -0.2) is 22.8 Å². The van der Waals surface area contributed by atoms with Gasteiger partial charge in [0.1, 0.15) is 0 Å². The summed E-state index contributed by atoms with van der Waals surface area (Å²) < 4.78 is 0.799. The molecular weight excluding hydrogens is 390 g/mol. The molecule has 9 heteroatoms. The fourth-order valence-corrected chi connectivity index (χ4v) is 2.50. The van der Waals surface area contributed by atoms with Gasteiger partial charge < -0.3 is 11.1 Å². The largest absolute Gasteiger partial charge is 0.352 e. The Balaban J connectivity index is 1.97. The number of hydrazine groups is 1. The van der Waals surface area contributed by atoms with E-state index in [-0.39, 0.29) is 6.42 Å². The molecule has 1 heterocycles. The summed E-state index contributed by atoms with van der Waals surface area (Å²) in [7, 11) is 0. The number of nitrogens with two attached hydrogens (primary N) is 1. The Labute approximate surface area is 152 Å². The first-order valence-electron chi connectivity index (χ1n) is 7.26. The van der Waals surface area contributed by atoms with Gasteiger partial charge in [-0.3, -0.25) is 25.4 Å². The number of pyridine rings is 1. The number of aromatic nitrogens is 1. The van der Waals surface area contributed by atoms with E-state index in [2.05, 4.69) is 37.1 Å². The monoisotopic (exact) mass is 405 g/mol. The van der Waals surface area contributed by atoms with Gasteiger partial charge in [-0.1, -0.05) is 28.1 Å². The number of urea groups is 1. The van der Waals surface area contributed by atoms with Crippen LogP contribution in [0.2, 0.25) is 0 Å². The second-order valence-corrected chi connectivity index (χ2v) is 5.97. The van der Waals surface area contributed by atoms with Crippen molar-refractivity contribution < 1.29 is 14.4 Å². The normalized spacial score (nSPS) is 11.2. The smallest absolute Gasteiger partial charge is 0.312 e. The minimum absolute atomic E-state index is 0.101. The molecule has 0 saturated heterocycles. The quantitative estimate of drug-likeness (QED) is 0.560. The third-order valence-electron chi connectivity index (χ3n) is 3.22. The second kappa shape index (κ2) is 8.78. The van der Waals surface area contributed by atoms with Gasteiger partial charge in [0.05, 0.1) is 12.5 Å². The zero-order chi connectivity index (χ0) is 18.2. The molecule has 5 N–H and O–H groups in total. The predicted molar refractivity (Wildman–Crippen MR) is 94.1 cm³/mol. The van der Waals surface area contributed by atoms with E-state index in [9.17, 15) is 14.4 Å². The number of hydrogen-bond acceptors (Lipinski definition) is 4. The molecule has 1 aromatic heterocycles. The molecule has 0 fully saturated rings. The molecule has 0 aliphatic rings. The van der Waals surface area contributed by atoms with Gasteiger partial charge in [-0.25, -0.2) is 4.79 Å². The molecule has 0 aliphatic carbocycles. The van der Waals surface area contributed by atoms with E-state index in [1.54, 1.807) is 18.2 Å². The van der Waals surface area contributed by atoms with Crippen molar-refractivity contribution in [3.05, 3.63) is 64.4 Å². The Morgan fingerprint density at radius 1 is 1.12 bits per heavy atom. The molecule has 8 nitrogen and oxygen atoms in total. The summed E-state index contributed by atoms with van der Waals surface area (Å²) in [5.74, 6) is -0.959. The van der Waals surface area contributed by atoms with Gasteiger partial charge in [0, 0.05) is 22.4 Å². The highest BCUT2D eigenvalue weighted by molar-refractivity contribution is 9.10. The third-order valence-corrected chi connectivity index (χ3v) is 3.71. The van der Waals surface area contributed by atoms with Gasteiger partial charge in [0.2, 0.25) is 5.91 Å². The van der Waals surface area contributed by atoms with Crippen molar-refractivity contribution in [3.63, 3.8) is 0 Å². The number of nitrogens with zero attached hydrogens (tertiary/aromatic N) is 1. The van der Waals surface area contributed by atoms with E-state index in [1.807, 2.05) is 6.07 Å². The SMILES string of the molecule is NC(=O)NC(CC(=O)NNC(=O)c1ccncc1)c1cccc(Br)c1. The lowest BCUT2D eigenvalue weighted by atomic mass is 10.0. The number of carbonyl (C=O) groups is 3. The minimum Gasteiger partial charge on any atom is -0.352 e. The van der Waals surface area contributed by atoms with Crippen LogP contribution in [0, 0.1) is 0 Å². The number of nitrogens with one attached hydrogen (secondary N) is 3. The van der Waals surface area contributed by atoms with Crippen LogP contribution in [0.4, 0.5) is 4.79 Å². The summed E-state index contributed by atoms with van der Waals surface area (Å²) in [5.41, 5.74) is 10.8. The Morgan fingerprint density at radius 3 is 2.48 bits per heavy atom. The predicted octanol–water partition coefficient (Wildman–Crippen LogP) is 1.40. The summed E-state index contributed by atoms with van der Waals surface area (Å²) >= 11 is 3.33. The third kappa shape index (κ3) is 5.88. The lowest BCUT2D eigenvalue weighted by Gasteiger charge is -2.18. The number of primary amides is 1. The first-order chi connectivity index (χ1) is 12.0. The number of hydrogen-bond donors (Lipinski definition) is 4. The van der Waals surface area contributed by atoms with Crippen LogP contribution in [0.1, 0.15) is 28.4 Å². The summed E-state index contributed by atoms with van der Waals surface area (Å²) in [6, 6.07) is 8.77. The highest BCUT2D eigenvalue weighted by Gasteiger charge is 2.18.